The van der Waals surface area contributed by atoms with Gasteiger partial charge in [-0.15, -0.1) is 0 Å². The fourth-order valence-corrected chi connectivity index (χ4v) is 3.64. The lowest BCUT2D eigenvalue weighted by atomic mass is 10.0. The number of hydrogen-bond donors (Lipinski definition) is 0. The van der Waals surface area contributed by atoms with Gasteiger partial charge in [-0.2, -0.15) is 0 Å². The standard InChI is InChI=1S/C22H32ClN3O3/c1-15(20(27)24(5)6)18-13-16(23)10-11-19(18)25(7)14-17-9-8-12-26(17)21(28)29-22(2,3)4/h10-11,13,17H,1,8-9,12,14H2,2-7H3/t17-/m0/s1. The highest BCUT2D eigenvalue weighted by atomic mass is 35.5. The molecule has 1 atom stereocenters. The van der Waals surface area contributed by atoms with Crippen LogP contribution in [0.15, 0.2) is 24.8 Å². The van der Waals surface area contributed by atoms with E-state index in [1.54, 1.807) is 31.1 Å². The summed E-state index contributed by atoms with van der Waals surface area (Å²) in [7, 11) is 5.34. The third-order valence-electron chi connectivity index (χ3n) is 4.85. The van der Waals surface area contributed by atoms with E-state index in [-0.39, 0.29) is 18.0 Å². The van der Waals surface area contributed by atoms with Gasteiger partial charge in [-0.25, -0.2) is 4.79 Å². The number of likely N-dealkylation sites (N-methyl/N-ethyl adjacent to an activating group) is 2. The van der Waals surface area contributed by atoms with Gasteiger partial charge in [0.25, 0.3) is 5.91 Å². The Morgan fingerprint density at radius 3 is 2.52 bits per heavy atom. The van der Waals surface area contributed by atoms with Crippen molar-refractivity contribution in [2.24, 2.45) is 0 Å². The van der Waals surface area contributed by atoms with Crippen molar-refractivity contribution in [1.82, 2.24) is 9.80 Å². The van der Waals surface area contributed by atoms with Crippen LogP contribution in [0.1, 0.15) is 39.2 Å². The Balaban J connectivity index is 2.22. The molecule has 0 spiro atoms. The molecular formula is C22H32ClN3O3. The number of amides is 2. The molecule has 0 bridgehead atoms. The average Bonchev–Trinajstić information content (AvgIpc) is 3.06. The highest BCUT2D eigenvalue weighted by molar-refractivity contribution is 6.31. The Bertz CT molecular complexity index is 786. The second-order valence-corrected chi connectivity index (χ2v) is 9.13. The topological polar surface area (TPSA) is 53.1 Å². The van der Waals surface area contributed by atoms with Crippen molar-refractivity contribution in [2.45, 2.75) is 45.3 Å². The predicted molar refractivity (Wildman–Crippen MR) is 118 cm³/mol. The second-order valence-electron chi connectivity index (χ2n) is 8.69. The van der Waals surface area contributed by atoms with E-state index in [0.29, 0.717) is 29.2 Å². The van der Waals surface area contributed by atoms with Crippen molar-refractivity contribution in [3.63, 3.8) is 0 Å². The maximum atomic E-state index is 12.6. The van der Waals surface area contributed by atoms with Gasteiger partial charge in [0, 0.05) is 56.1 Å². The van der Waals surface area contributed by atoms with Gasteiger partial charge in [0.1, 0.15) is 5.60 Å². The molecule has 7 heteroatoms. The van der Waals surface area contributed by atoms with Crippen LogP contribution < -0.4 is 4.90 Å². The van der Waals surface area contributed by atoms with Crippen molar-refractivity contribution in [1.29, 1.82) is 0 Å². The first kappa shape index (κ1) is 23.1. The molecule has 1 heterocycles. The van der Waals surface area contributed by atoms with Gasteiger partial charge in [0.2, 0.25) is 0 Å². The fraction of sp³-hybridized carbons (Fsp3) is 0.545. The first-order valence-corrected chi connectivity index (χ1v) is 10.2. The highest BCUT2D eigenvalue weighted by Gasteiger charge is 2.33. The molecule has 1 aromatic carbocycles. The molecule has 1 aliphatic heterocycles. The fourth-order valence-electron chi connectivity index (χ4n) is 3.47. The lowest BCUT2D eigenvalue weighted by Crippen LogP contribution is -2.44. The van der Waals surface area contributed by atoms with Crippen LogP contribution in [0.4, 0.5) is 10.5 Å². The Kier molecular flexibility index (Phi) is 7.22. The quantitative estimate of drug-likeness (QED) is 0.666. The molecular weight excluding hydrogens is 390 g/mol. The Labute approximate surface area is 179 Å². The summed E-state index contributed by atoms with van der Waals surface area (Å²) in [6.45, 7) is 10.9. The third kappa shape index (κ3) is 5.89. The Hall–Kier alpha value is -2.21. The summed E-state index contributed by atoms with van der Waals surface area (Å²) in [6, 6.07) is 5.48. The lowest BCUT2D eigenvalue weighted by molar-refractivity contribution is -0.122. The predicted octanol–water partition coefficient (Wildman–Crippen LogP) is 4.28. The number of rotatable bonds is 5. The largest absolute Gasteiger partial charge is 0.444 e. The maximum absolute atomic E-state index is 12.6. The summed E-state index contributed by atoms with van der Waals surface area (Å²) in [5, 5.41) is 0.543. The van der Waals surface area contributed by atoms with Crippen LogP contribution in [-0.2, 0) is 9.53 Å². The van der Waals surface area contributed by atoms with Gasteiger partial charge >= 0.3 is 6.09 Å². The number of nitrogens with zero attached hydrogens (tertiary/aromatic N) is 3. The zero-order valence-corrected chi connectivity index (χ0v) is 19.0. The SMILES string of the molecule is C=C(C(=O)N(C)C)c1cc(Cl)ccc1N(C)C[C@@H]1CCCN1C(=O)OC(C)(C)C. The Morgan fingerprint density at radius 2 is 1.93 bits per heavy atom. The van der Waals surface area contributed by atoms with E-state index in [9.17, 15) is 9.59 Å². The summed E-state index contributed by atoms with van der Waals surface area (Å²) in [4.78, 5) is 30.4. The van der Waals surface area contributed by atoms with E-state index < -0.39 is 5.60 Å². The van der Waals surface area contributed by atoms with E-state index in [0.717, 1.165) is 18.5 Å². The maximum Gasteiger partial charge on any atom is 0.410 e. The molecule has 1 aliphatic rings. The monoisotopic (exact) mass is 421 g/mol. The van der Waals surface area contributed by atoms with Gasteiger partial charge in [0.05, 0.1) is 6.04 Å². The summed E-state index contributed by atoms with van der Waals surface area (Å²) in [5.41, 5.74) is 1.41. The van der Waals surface area contributed by atoms with E-state index >= 15 is 0 Å². The lowest BCUT2D eigenvalue weighted by Gasteiger charge is -2.32. The molecule has 0 aliphatic carbocycles. The van der Waals surface area contributed by atoms with Crippen LogP contribution in [0, 0.1) is 0 Å². The van der Waals surface area contributed by atoms with Crippen molar-refractivity contribution in [3.05, 3.63) is 35.4 Å². The molecule has 0 unspecified atom stereocenters. The number of ether oxygens (including phenoxy) is 1. The first-order valence-electron chi connectivity index (χ1n) is 9.82. The molecule has 29 heavy (non-hydrogen) atoms. The molecule has 0 saturated carbocycles. The summed E-state index contributed by atoms with van der Waals surface area (Å²) < 4.78 is 5.56. The number of hydrogen-bond acceptors (Lipinski definition) is 4. The molecule has 2 amide bonds. The molecule has 1 fully saturated rings. The van der Waals surface area contributed by atoms with Crippen molar-refractivity contribution >= 4 is 34.9 Å². The zero-order valence-electron chi connectivity index (χ0n) is 18.3. The van der Waals surface area contributed by atoms with Crippen LogP contribution in [0.25, 0.3) is 5.57 Å². The summed E-state index contributed by atoms with van der Waals surface area (Å²) >= 11 is 6.19. The number of carbonyl (C=O) groups excluding carboxylic acids is 2. The van der Waals surface area contributed by atoms with E-state index in [2.05, 4.69) is 6.58 Å². The Morgan fingerprint density at radius 1 is 1.28 bits per heavy atom. The number of anilines is 1. The van der Waals surface area contributed by atoms with Crippen molar-refractivity contribution < 1.29 is 14.3 Å². The van der Waals surface area contributed by atoms with E-state index in [1.165, 1.54) is 4.90 Å². The molecule has 6 nitrogen and oxygen atoms in total. The van der Waals surface area contributed by atoms with Crippen LogP contribution in [-0.4, -0.2) is 67.7 Å². The zero-order chi connectivity index (χ0) is 21.9. The van der Waals surface area contributed by atoms with Gasteiger partial charge in [-0.3, -0.25) is 4.79 Å². The molecule has 2 rings (SSSR count). The minimum atomic E-state index is -0.524. The highest BCUT2D eigenvalue weighted by Crippen LogP contribution is 2.31. The first-order chi connectivity index (χ1) is 13.4. The average molecular weight is 422 g/mol. The second kappa shape index (κ2) is 9.08. The third-order valence-corrected chi connectivity index (χ3v) is 5.08. The molecule has 0 aromatic heterocycles. The van der Waals surface area contributed by atoms with Crippen LogP contribution in [0.2, 0.25) is 5.02 Å². The summed E-state index contributed by atoms with van der Waals surface area (Å²) in [5.74, 6) is -0.168. The smallest absolute Gasteiger partial charge is 0.410 e. The van der Waals surface area contributed by atoms with Gasteiger partial charge in [-0.1, -0.05) is 18.2 Å². The van der Waals surface area contributed by atoms with Gasteiger partial charge < -0.3 is 19.4 Å². The molecule has 0 radical (unpaired) electrons. The normalized spacial score (nSPS) is 16.5. The molecule has 1 aromatic rings. The molecule has 0 N–H and O–H groups in total. The number of carbonyl (C=O) groups is 2. The van der Waals surface area contributed by atoms with Crippen molar-refractivity contribution in [2.75, 3.05) is 39.1 Å². The number of likely N-dealkylation sites (tertiary alicyclic amines) is 1. The van der Waals surface area contributed by atoms with E-state index in [1.807, 2.05) is 38.8 Å². The molecule has 1 saturated heterocycles. The minimum absolute atomic E-state index is 0.0381. The van der Waals surface area contributed by atoms with Crippen LogP contribution in [0.5, 0.6) is 0 Å². The minimum Gasteiger partial charge on any atom is -0.444 e. The molecule has 160 valence electrons. The van der Waals surface area contributed by atoms with E-state index in [4.69, 9.17) is 16.3 Å². The van der Waals surface area contributed by atoms with Gasteiger partial charge in [0.15, 0.2) is 0 Å². The number of halogens is 1. The van der Waals surface area contributed by atoms with Gasteiger partial charge in [-0.05, 0) is 51.8 Å². The van der Waals surface area contributed by atoms with Crippen molar-refractivity contribution in [3.8, 4) is 0 Å². The number of benzene rings is 1. The summed E-state index contributed by atoms with van der Waals surface area (Å²) in [6.07, 6.45) is 1.57. The van der Waals surface area contributed by atoms with Crippen LogP contribution >= 0.6 is 11.6 Å². The van der Waals surface area contributed by atoms with Crippen LogP contribution in [0.3, 0.4) is 0 Å².